The minimum absolute atomic E-state index is 0.0457. The monoisotopic (exact) mass is 324 g/mol. The first kappa shape index (κ1) is 20.1. The molecular formula is C20H33FO2. The predicted molar refractivity (Wildman–Crippen MR) is 94.2 cm³/mol. The van der Waals surface area contributed by atoms with Gasteiger partial charge in [0.25, 0.3) is 0 Å². The van der Waals surface area contributed by atoms with Crippen molar-refractivity contribution in [2.24, 2.45) is 0 Å². The molecule has 0 radical (unpaired) electrons. The van der Waals surface area contributed by atoms with Crippen LogP contribution >= 0.6 is 0 Å². The maximum atomic E-state index is 13.7. The average Bonchev–Trinajstić information content (AvgIpc) is 2.57. The highest BCUT2D eigenvalue weighted by atomic mass is 19.1. The molecule has 23 heavy (non-hydrogen) atoms. The van der Waals surface area contributed by atoms with Crippen molar-refractivity contribution in [2.45, 2.75) is 76.9 Å². The van der Waals surface area contributed by atoms with Crippen LogP contribution in [0.1, 0.15) is 76.7 Å². The number of methoxy groups -OCH3 is 2. The molecule has 132 valence electrons. The van der Waals surface area contributed by atoms with Gasteiger partial charge in [-0.2, -0.15) is 0 Å². The Kier molecular flexibility index (Phi) is 9.42. The van der Waals surface area contributed by atoms with Crippen LogP contribution in [0.25, 0.3) is 0 Å². The van der Waals surface area contributed by atoms with Crippen LogP contribution < -0.4 is 0 Å². The van der Waals surface area contributed by atoms with Gasteiger partial charge in [-0.05, 0) is 30.5 Å². The van der Waals surface area contributed by atoms with Gasteiger partial charge in [-0.25, -0.2) is 4.39 Å². The van der Waals surface area contributed by atoms with Crippen LogP contribution in [-0.4, -0.2) is 20.0 Å². The number of ether oxygens (including phenoxy) is 2. The Labute approximate surface area is 141 Å². The molecule has 0 spiro atoms. The van der Waals surface area contributed by atoms with E-state index in [0.717, 1.165) is 24.8 Å². The molecule has 0 aliphatic carbocycles. The van der Waals surface area contributed by atoms with Crippen molar-refractivity contribution in [1.82, 2.24) is 0 Å². The van der Waals surface area contributed by atoms with E-state index in [1.54, 1.807) is 26.4 Å². The van der Waals surface area contributed by atoms with Crippen molar-refractivity contribution in [1.29, 1.82) is 0 Å². The van der Waals surface area contributed by atoms with Crippen molar-refractivity contribution in [3.05, 3.63) is 35.6 Å². The zero-order valence-electron chi connectivity index (χ0n) is 15.2. The molecular weight excluding hydrogens is 291 g/mol. The van der Waals surface area contributed by atoms with E-state index < -0.39 is 5.79 Å². The van der Waals surface area contributed by atoms with Gasteiger partial charge in [0.05, 0.1) is 0 Å². The van der Waals surface area contributed by atoms with Gasteiger partial charge < -0.3 is 9.47 Å². The molecule has 0 saturated carbocycles. The fourth-order valence-electron chi connectivity index (χ4n) is 3.40. The highest BCUT2D eigenvalue weighted by molar-refractivity contribution is 5.23. The first-order valence-electron chi connectivity index (χ1n) is 8.99. The van der Waals surface area contributed by atoms with E-state index >= 15 is 0 Å². The van der Waals surface area contributed by atoms with E-state index in [-0.39, 0.29) is 11.7 Å². The highest BCUT2D eigenvalue weighted by Crippen LogP contribution is 2.39. The predicted octanol–water partition coefficient (Wildman–Crippen LogP) is 6.06. The number of halogens is 1. The van der Waals surface area contributed by atoms with Crippen molar-refractivity contribution >= 4 is 0 Å². The maximum absolute atomic E-state index is 13.7. The molecule has 0 saturated heterocycles. The summed E-state index contributed by atoms with van der Waals surface area (Å²) in [7, 11) is 3.36. The Bertz CT molecular complexity index is 421. The van der Waals surface area contributed by atoms with E-state index in [4.69, 9.17) is 9.47 Å². The normalized spacial score (nSPS) is 13.3. The van der Waals surface area contributed by atoms with E-state index in [2.05, 4.69) is 13.8 Å². The molecule has 1 aromatic rings. The van der Waals surface area contributed by atoms with Gasteiger partial charge in [0.15, 0.2) is 5.79 Å². The Morgan fingerprint density at radius 1 is 1.00 bits per heavy atom. The van der Waals surface area contributed by atoms with Crippen LogP contribution in [0.5, 0.6) is 0 Å². The minimum Gasteiger partial charge on any atom is -0.353 e. The highest BCUT2D eigenvalue weighted by Gasteiger charge is 2.38. The summed E-state index contributed by atoms with van der Waals surface area (Å²) in [6.45, 7) is 4.29. The second-order valence-corrected chi connectivity index (χ2v) is 6.24. The van der Waals surface area contributed by atoms with E-state index in [1.807, 2.05) is 6.07 Å². The summed E-state index contributed by atoms with van der Waals surface area (Å²) in [5, 5.41) is 0. The number of hydrogen-bond acceptors (Lipinski definition) is 2. The summed E-state index contributed by atoms with van der Waals surface area (Å²) >= 11 is 0. The summed E-state index contributed by atoms with van der Waals surface area (Å²) in [6, 6.07) is 6.85. The summed E-state index contributed by atoms with van der Waals surface area (Å²) < 4.78 is 25.2. The summed E-state index contributed by atoms with van der Waals surface area (Å²) in [5.41, 5.74) is 0.962. The Hall–Kier alpha value is -0.930. The largest absolute Gasteiger partial charge is 0.353 e. The minimum atomic E-state index is -0.683. The fraction of sp³-hybridized carbons (Fsp3) is 0.700. The second kappa shape index (κ2) is 10.8. The second-order valence-electron chi connectivity index (χ2n) is 6.24. The molecule has 0 amide bonds. The number of rotatable bonds is 12. The third-order valence-corrected chi connectivity index (χ3v) is 4.81. The number of unbranched alkanes of at least 4 members (excludes halogenated alkanes) is 5. The Morgan fingerprint density at radius 3 is 2.22 bits per heavy atom. The Balaban J connectivity index is 2.81. The van der Waals surface area contributed by atoms with Crippen molar-refractivity contribution < 1.29 is 13.9 Å². The van der Waals surface area contributed by atoms with Crippen molar-refractivity contribution in [3.63, 3.8) is 0 Å². The van der Waals surface area contributed by atoms with Gasteiger partial charge in [-0.3, -0.25) is 0 Å². The quantitative estimate of drug-likeness (QED) is 0.344. The van der Waals surface area contributed by atoms with Crippen LogP contribution in [0, 0.1) is 5.82 Å². The lowest BCUT2D eigenvalue weighted by atomic mass is 9.84. The van der Waals surface area contributed by atoms with Gasteiger partial charge in [0, 0.05) is 20.1 Å². The van der Waals surface area contributed by atoms with E-state index in [0.29, 0.717) is 0 Å². The molecule has 2 nitrogen and oxygen atoms in total. The van der Waals surface area contributed by atoms with Crippen LogP contribution in [0.2, 0.25) is 0 Å². The third kappa shape index (κ3) is 5.89. The van der Waals surface area contributed by atoms with Gasteiger partial charge in [0.2, 0.25) is 0 Å². The first-order valence-corrected chi connectivity index (χ1v) is 8.99. The summed E-state index contributed by atoms with van der Waals surface area (Å²) in [4.78, 5) is 0. The zero-order valence-corrected chi connectivity index (χ0v) is 15.2. The molecule has 1 unspecified atom stereocenters. The summed E-state index contributed by atoms with van der Waals surface area (Å²) in [5.74, 6) is -0.839. The topological polar surface area (TPSA) is 18.5 Å². The first-order chi connectivity index (χ1) is 11.1. The molecule has 0 N–H and O–H groups in total. The summed E-state index contributed by atoms with van der Waals surface area (Å²) in [6.07, 6.45) is 9.14. The number of hydrogen-bond donors (Lipinski definition) is 0. The molecule has 1 aromatic carbocycles. The molecule has 0 aliphatic heterocycles. The lowest BCUT2D eigenvalue weighted by Gasteiger charge is -2.38. The lowest BCUT2D eigenvalue weighted by Crippen LogP contribution is -2.40. The van der Waals surface area contributed by atoms with Crippen molar-refractivity contribution in [3.8, 4) is 0 Å². The average molecular weight is 324 g/mol. The smallest absolute Gasteiger partial charge is 0.174 e. The molecule has 1 rings (SSSR count). The molecule has 0 fully saturated rings. The molecule has 0 aliphatic rings. The standard InChI is InChI=1S/C20H33FO2/c1-5-7-8-9-10-11-15-19(20(6-2,22-3)23-4)17-13-12-14-18(21)16-17/h12-14,16,19H,5-11,15H2,1-4H3. The fourth-order valence-corrected chi connectivity index (χ4v) is 3.40. The zero-order chi connectivity index (χ0) is 17.1. The van der Waals surface area contributed by atoms with Gasteiger partial charge in [0.1, 0.15) is 5.82 Å². The van der Waals surface area contributed by atoms with Crippen LogP contribution in [0.4, 0.5) is 4.39 Å². The molecule has 0 aromatic heterocycles. The van der Waals surface area contributed by atoms with E-state index in [1.165, 1.54) is 38.2 Å². The number of benzene rings is 1. The maximum Gasteiger partial charge on any atom is 0.174 e. The van der Waals surface area contributed by atoms with E-state index in [9.17, 15) is 4.39 Å². The molecule has 0 heterocycles. The Morgan fingerprint density at radius 2 is 1.65 bits per heavy atom. The third-order valence-electron chi connectivity index (χ3n) is 4.81. The lowest BCUT2D eigenvalue weighted by molar-refractivity contribution is -0.225. The molecule has 3 heteroatoms. The molecule has 0 bridgehead atoms. The van der Waals surface area contributed by atoms with Crippen molar-refractivity contribution in [2.75, 3.05) is 14.2 Å². The van der Waals surface area contributed by atoms with Gasteiger partial charge >= 0.3 is 0 Å². The van der Waals surface area contributed by atoms with Crippen LogP contribution in [-0.2, 0) is 9.47 Å². The SMILES string of the molecule is CCCCCCCCC(c1cccc(F)c1)C(CC)(OC)OC. The van der Waals surface area contributed by atoms with Crippen LogP contribution in [0.15, 0.2) is 24.3 Å². The van der Waals surface area contributed by atoms with Crippen LogP contribution in [0.3, 0.4) is 0 Å². The molecule has 1 atom stereocenters. The van der Waals surface area contributed by atoms with Gasteiger partial charge in [-0.15, -0.1) is 0 Å². The van der Waals surface area contributed by atoms with Gasteiger partial charge in [-0.1, -0.05) is 64.5 Å².